The average Bonchev–Trinajstić information content (AvgIpc) is 1.87. The lowest BCUT2D eigenvalue weighted by molar-refractivity contribution is 0.589. The Labute approximate surface area is 68.3 Å². The molecule has 0 aliphatic carbocycles. The minimum atomic E-state index is 0.605. The first-order valence-corrected chi connectivity index (χ1v) is 4.84. The van der Waals surface area contributed by atoms with Crippen LogP contribution in [0, 0.1) is 0 Å². The summed E-state index contributed by atoms with van der Waals surface area (Å²) in [6, 6.07) is 0.605. The standard InChI is InChI=1S/C7H18N2S/c1-4-10-9-6-5-8-7(2)3/h7-9H,4-6H2,1-3H3. The van der Waals surface area contributed by atoms with Crippen LogP contribution in [0.15, 0.2) is 0 Å². The average molecular weight is 162 g/mol. The third kappa shape index (κ3) is 8.27. The van der Waals surface area contributed by atoms with E-state index in [1.807, 2.05) is 0 Å². The van der Waals surface area contributed by atoms with Gasteiger partial charge in [-0.05, 0) is 0 Å². The molecule has 0 heterocycles. The van der Waals surface area contributed by atoms with Crippen LogP contribution in [0.2, 0.25) is 0 Å². The quantitative estimate of drug-likeness (QED) is 0.454. The van der Waals surface area contributed by atoms with Crippen LogP contribution in [0.5, 0.6) is 0 Å². The maximum Gasteiger partial charge on any atom is 0.0184 e. The Hall–Kier alpha value is 0.270. The zero-order valence-electron chi connectivity index (χ0n) is 7.11. The predicted molar refractivity (Wildman–Crippen MR) is 49.3 cm³/mol. The maximum atomic E-state index is 3.33. The molecule has 0 unspecified atom stereocenters. The molecule has 2 N–H and O–H groups in total. The zero-order chi connectivity index (χ0) is 7.82. The number of hydrogen-bond acceptors (Lipinski definition) is 3. The molecule has 0 saturated heterocycles. The molecule has 0 spiro atoms. The van der Waals surface area contributed by atoms with Gasteiger partial charge in [-0.25, -0.2) is 0 Å². The SMILES string of the molecule is CCSNCCNC(C)C. The van der Waals surface area contributed by atoms with E-state index in [1.54, 1.807) is 11.9 Å². The molecule has 0 bridgehead atoms. The van der Waals surface area contributed by atoms with Gasteiger partial charge < -0.3 is 5.32 Å². The van der Waals surface area contributed by atoms with Crippen LogP contribution in [-0.2, 0) is 0 Å². The monoisotopic (exact) mass is 162 g/mol. The molecular formula is C7H18N2S. The molecule has 0 amide bonds. The van der Waals surface area contributed by atoms with E-state index < -0.39 is 0 Å². The van der Waals surface area contributed by atoms with E-state index >= 15 is 0 Å². The highest BCUT2D eigenvalue weighted by atomic mass is 32.2. The van der Waals surface area contributed by atoms with Gasteiger partial charge in [-0.3, -0.25) is 4.72 Å². The third-order valence-electron chi connectivity index (χ3n) is 1.03. The largest absolute Gasteiger partial charge is 0.313 e. The van der Waals surface area contributed by atoms with E-state index in [4.69, 9.17) is 0 Å². The van der Waals surface area contributed by atoms with Gasteiger partial charge in [0.15, 0.2) is 0 Å². The van der Waals surface area contributed by atoms with Crippen LogP contribution < -0.4 is 10.0 Å². The van der Waals surface area contributed by atoms with Gasteiger partial charge in [-0.1, -0.05) is 32.7 Å². The smallest absolute Gasteiger partial charge is 0.0184 e. The van der Waals surface area contributed by atoms with E-state index in [1.165, 1.54) is 0 Å². The molecule has 0 rings (SSSR count). The van der Waals surface area contributed by atoms with E-state index in [-0.39, 0.29) is 0 Å². The van der Waals surface area contributed by atoms with Crippen LogP contribution in [0.3, 0.4) is 0 Å². The molecule has 0 aromatic carbocycles. The molecule has 2 nitrogen and oxygen atoms in total. The van der Waals surface area contributed by atoms with Crippen LogP contribution in [0.1, 0.15) is 20.8 Å². The highest BCUT2D eigenvalue weighted by Crippen LogP contribution is 1.87. The summed E-state index contributed by atoms with van der Waals surface area (Å²) < 4.78 is 3.24. The molecular weight excluding hydrogens is 144 g/mol. The van der Waals surface area contributed by atoms with Gasteiger partial charge in [-0.2, -0.15) is 0 Å². The fourth-order valence-corrected chi connectivity index (χ4v) is 1.04. The lowest BCUT2D eigenvalue weighted by Crippen LogP contribution is -2.29. The summed E-state index contributed by atoms with van der Waals surface area (Å²) in [5.74, 6) is 1.14. The lowest BCUT2D eigenvalue weighted by Gasteiger charge is -2.07. The van der Waals surface area contributed by atoms with E-state index in [9.17, 15) is 0 Å². The minimum absolute atomic E-state index is 0.605. The van der Waals surface area contributed by atoms with Crippen LogP contribution in [0.4, 0.5) is 0 Å². The first-order chi connectivity index (χ1) is 4.77. The van der Waals surface area contributed by atoms with Gasteiger partial charge in [0.1, 0.15) is 0 Å². The summed E-state index contributed by atoms with van der Waals surface area (Å²) >= 11 is 1.77. The van der Waals surface area contributed by atoms with Crippen LogP contribution in [0.25, 0.3) is 0 Å². The van der Waals surface area contributed by atoms with E-state index in [0.717, 1.165) is 18.8 Å². The third-order valence-corrected chi connectivity index (χ3v) is 1.72. The Balaban J connectivity index is 2.77. The first-order valence-electron chi connectivity index (χ1n) is 3.85. The van der Waals surface area contributed by atoms with Crippen molar-refractivity contribution in [2.75, 3.05) is 18.8 Å². The number of hydrogen-bond donors (Lipinski definition) is 2. The molecule has 0 aliphatic heterocycles. The second-order valence-corrected chi connectivity index (χ2v) is 3.59. The number of rotatable bonds is 6. The minimum Gasteiger partial charge on any atom is -0.313 e. The summed E-state index contributed by atoms with van der Waals surface area (Å²) in [7, 11) is 0. The molecule has 0 aliphatic rings. The van der Waals surface area contributed by atoms with Crippen molar-refractivity contribution in [1.82, 2.24) is 10.0 Å². The molecule has 0 saturated carbocycles. The highest BCUT2D eigenvalue weighted by molar-refractivity contribution is 7.97. The highest BCUT2D eigenvalue weighted by Gasteiger charge is 1.89. The normalized spacial score (nSPS) is 10.8. The van der Waals surface area contributed by atoms with Gasteiger partial charge in [0, 0.05) is 24.9 Å². The predicted octanol–water partition coefficient (Wildman–Crippen LogP) is 1.24. The fraction of sp³-hybridized carbons (Fsp3) is 1.00. The lowest BCUT2D eigenvalue weighted by atomic mass is 10.4. The van der Waals surface area contributed by atoms with Gasteiger partial charge >= 0.3 is 0 Å². The van der Waals surface area contributed by atoms with E-state index in [2.05, 4.69) is 30.8 Å². The van der Waals surface area contributed by atoms with Crippen molar-refractivity contribution in [2.45, 2.75) is 26.8 Å². The summed E-state index contributed by atoms with van der Waals surface area (Å²) in [6.07, 6.45) is 0. The summed E-state index contributed by atoms with van der Waals surface area (Å²) in [5, 5.41) is 3.33. The van der Waals surface area contributed by atoms with Gasteiger partial charge in [0.25, 0.3) is 0 Å². The maximum absolute atomic E-state index is 3.33. The van der Waals surface area contributed by atoms with Crippen LogP contribution >= 0.6 is 11.9 Å². The molecule has 0 aromatic heterocycles. The fourth-order valence-electron chi connectivity index (χ4n) is 0.586. The molecule has 0 atom stereocenters. The Kier molecular flexibility index (Phi) is 7.58. The molecule has 0 radical (unpaired) electrons. The zero-order valence-corrected chi connectivity index (χ0v) is 7.92. The Morgan fingerprint density at radius 3 is 2.50 bits per heavy atom. The molecule has 10 heavy (non-hydrogen) atoms. The van der Waals surface area contributed by atoms with Crippen molar-refractivity contribution in [3.05, 3.63) is 0 Å². The van der Waals surface area contributed by atoms with Crippen molar-refractivity contribution >= 4 is 11.9 Å². The summed E-state index contributed by atoms with van der Waals surface area (Å²) in [5.41, 5.74) is 0. The molecule has 62 valence electrons. The van der Waals surface area contributed by atoms with Gasteiger partial charge in [0.05, 0.1) is 0 Å². The number of nitrogens with one attached hydrogen (secondary N) is 2. The van der Waals surface area contributed by atoms with Crippen molar-refractivity contribution in [3.8, 4) is 0 Å². The van der Waals surface area contributed by atoms with Crippen molar-refractivity contribution in [1.29, 1.82) is 0 Å². The van der Waals surface area contributed by atoms with Gasteiger partial charge in [0.2, 0.25) is 0 Å². The summed E-state index contributed by atoms with van der Waals surface area (Å²) in [6.45, 7) is 8.58. The Morgan fingerprint density at radius 1 is 1.30 bits per heavy atom. The van der Waals surface area contributed by atoms with Crippen molar-refractivity contribution in [2.24, 2.45) is 0 Å². The Bertz CT molecular complexity index is 66.6. The van der Waals surface area contributed by atoms with E-state index in [0.29, 0.717) is 6.04 Å². The van der Waals surface area contributed by atoms with Crippen molar-refractivity contribution < 1.29 is 0 Å². The van der Waals surface area contributed by atoms with Crippen molar-refractivity contribution in [3.63, 3.8) is 0 Å². The first kappa shape index (κ1) is 10.3. The van der Waals surface area contributed by atoms with Gasteiger partial charge in [-0.15, -0.1) is 0 Å². The molecule has 0 aromatic rings. The second-order valence-electron chi connectivity index (χ2n) is 2.44. The second kappa shape index (κ2) is 7.38. The van der Waals surface area contributed by atoms with Crippen LogP contribution in [-0.4, -0.2) is 24.9 Å². The topological polar surface area (TPSA) is 24.1 Å². The molecule has 0 fully saturated rings. The Morgan fingerprint density at radius 2 is 2.00 bits per heavy atom. The molecule has 3 heteroatoms. The summed E-state index contributed by atoms with van der Waals surface area (Å²) in [4.78, 5) is 0.